The highest BCUT2D eigenvalue weighted by Crippen LogP contribution is 2.41. The molecule has 23 heavy (non-hydrogen) atoms. The number of aliphatic hydroxyl groups excluding tert-OH is 1. The van der Waals surface area contributed by atoms with Gasteiger partial charge in [-0.1, -0.05) is 18.2 Å². The molecule has 1 saturated carbocycles. The Morgan fingerprint density at radius 1 is 1.48 bits per heavy atom. The Kier molecular flexibility index (Phi) is 4.57. The number of aromatic nitrogens is 1. The van der Waals surface area contributed by atoms with Crippen molar-refractivity contribution in [2.75, 3.05) is 13.7 Å². The van der Waals surface area contributed by atoms with Gasteiger partial charge in [-0.15, -0.1) is 0 Å². The van der Waals surface area contributed by atoms with Crippen LogP contribution >= 0.6 is 0 Å². The van der Waals surface area contributed by atoms with E-state index in [2.05, 4.69) is 29.1 Å². The van der Waals surface area contributed by atoms with Crippen LogP contribution in [0.2, 0.25) is 0 Å². The van der Waals surface area contributed by atoms with Crippen molar-refractivity contribution in [3.63, 3.8) is 0 Å². The minimum atomic E-state index is -0.462. The number of Topliss-reactive ketones (excluding diaryl/α,β-unsaturated/α-hetero) is 1. The number of allylic oxidation sites excluding steroid dienone is 4. The van der Waals surface area contributed by atoms with Crippen LogP contribution in [0, 0.1) is 11.9 Å². The first-order valence-electron chi connectivity index (χ1n) is 7.92. The molecule has 1 aromatic heterocycles. The molecule has 4 nitrogen and oxygen atoms in total. The number of halogens is 1. The number of pyridine rings is 1. The van der Waals surface area contributed by atoms with Gasteiger partial charge < -0.3 is 10.0 Å². The van der Waals surface area contributed by atoms with Crippen LogP contribution in [0.3, 0.4) is 0 Å². The molecule has 0 saturated heterocycles. The van der Waals surface area contributed by atoms with E-state index in [4.69, 9.17) is 5.11 Å². The number of hydrogen-bond donors (Lipinski definition) is 1. The number of rotatable bonds is 6. The molecule has 0 radical (unpaired) electrons. The first kappa shape index (κ1) is 15.9. The van der Waals surface area contributed by atoms with Crippen molar-refractivity contribution in [2.45, 2.75) is 31.2 Å². The summed E-state index contributed by atoms with van der Waals surface area (Å²) in [5.74, 6) is -0.00584. The summed E-state index contributed by atoms with van der Waals surface area (Å²) in [6.07, 6.45) is 10.1. The first-order valence-corrected chi connectivity index (χ1v) is 7.92. The predicted molar refractivity (Wildman–Crippen MR) is 85.1 cm³/mol. The molecule has 0 amide bonds. The van der Waals surface area contributed by atoms with Crippen LogP contribution in [0.4, 0.5) is 4.39 Å². The quantitative estimate of drug-likeness (QED) is 0.819. The van der Waals surface area contributed by atoms with Gasteiger partial charge in [-0.05, 0) is 36.5 Å². The fourth-order valence-corrected chi connectivity index (χ4v) is 3.25. The molecule has 122 valence electrons. The molecule has 3 atom stereocenters. The van der Waals surface area contributed by atoms with Crippen molar-refractivity contribution in [1.82, 2.24) is 9.88 Å². The van der Waals surface area contributed by atoms with E-state index in [1.807, 2.05) is 6.08 Å². The SMILES string of the molecule is CN(C1=CC=CC(c2ccc(F)nc2)C1)C1CC1CC(=O)CO. The molecule has 1 fully saturated rings. The molecular formula is C18H21FN2O2. The summed E-state index contributed by atoms with van der Waals surface area (Å²) < 4.78 is 13.0. The predicted octanol–water partition coefficient (Wildman–Crippen LogP) is 2.42. The fourth-order valence-electron chi connectivity index (χ4n) is 3.25. The second-order valence-corrected chi connectivity index (χ2v) is 6.34. The zero-order valence-electron chi connectivity index (χ0n) is 13.2. The number of hydrogen-bond acceptors (Lipinski definition) is 4. The lowest BCUT2D eigenvalue weighted by atomic mass is 9.91. The zero-order chi connectivity index (χ0) is 16.4. The summed E-state index contributed by atoms with van der Waals surface area (Å²) in [6.45, 7) is -0.363. The summed E-state index contributed by atoms with van der Waals surface area (Å²) in [5, 5.41) is 8.85. The van der Waals surface area contributed by atoms with E-state index in [1.54, 1.807) is 12.3 Å². The summed E-state index contributed by atoms with van der Waals surface area (Å²) in [7, 11) is 2.05. The number of aliphatic hydroxyl groups is 1. The highest BCUT2D eigenvalue weighted by molar-refractivity contribution is 5.80. The second kappa shape index (κ2) is 6.62. The Balaban J connectivity index is 1.61. The summed E-state index contributed by atoms with van der Waals surface area (Å²) in [4.78, 5) is 17.3. The van der Waals surface area contributed by atoms with Gasteiger partial charge in [0, 0.05) is 37.3 Å². The van der Waals surface area contributed by atoms with Crippen molar-refractivity contribution in [3.05, 3.63) is 53.8 Å². The lowest BCUT2D eigenvalue weighted by Crippen LogP contribution is -2.24. The third-order valence-corrected chi connectivity index (χ3v) is 4.74. The Morgan fingerprint density at radius 2 is 2.30 bits per heavy atom. The summed E-state index contributed by atoms with van der Waals surface area (Å²) in [6, 6.07) is 3.54. The topological polar surface area (TPSA) is 53.4 Å². The molecule has 1 heterocycles. The molecule has 0 bridgehead atoms. The molecule has 0 spiro atoms. The Labute approximate surface area is 135 Å². The molecule has 1 N–H and O–H groups in total. The highest BCUT2D eigenvalue weighted by atomic mass is 19.1. The van der Waals surface area contributed by atoms with E-state index in [0.29, 0.717) is 18.4 Å². The molecule has 0 aliphatic heterocycles. The highest BCUT2D eigenvalue weighted by Gasteiger charge is 2.42. The largest absolute Gasteiger partial charge is 0.389 e. The van der Waals surface area contributed by atoms with E-state index >= 15 is 0 Å². The number of carbonyl (C=O) groups is 1. The van der Waals surface area contributed by atoms with E-state index in [0.717, 1.165) is 18.4 Å². The maximum Gasteiger partial charge on any atom is 0.212 e. The molecular weight excluding hydrogens is 295 g/mol. The van der Waals surface area contributed by atoms with Crippen LogP contribution in [0.15, 0.2) is 42.3 Å². The standard InChI is InChI=1S/C18H21FN2O2/c1-21(17-9-14(17)8-16(23)11-22)15-4-2-3-12(7-15)13-5-6-18(19)20-10-13/h2-6,10,12,14,17,22H,7-9,11H2,1H3. The van der Waals surface area contributed by atoms with Crippen molar-refractivity contribution < 1.29 is 14.3 Å². The molecule has 0 aromatic carbocycles. The molecule has 3 unspecified atom stereocenters. The van der Waals surface area contributed by atoms with Crippen molar-refractivity contribution in [1.29, 1.82) is 0 Å². The monoisotopic (exact) mass is 316 g/mol. The van der Waals surface area contributed by atoms with Gasteiger partial charge in [0.2, 0.25) is 5.95 Å². The Hall–Kier alpha value is -2.01. The average molecular weight is 316 g/mol. The number of nitrogens with zero attached hydrogens (tertiary/aromatic N) is 2. The fraction of sp³-hybridized carbons (Fsp3) is 0.444. The van der Waals surface area contributed by atoms with Crippen LogP contribution < -0.4 is 0 Å². The molecule has 3 rings (SSSR count). The van der Waals surface area contributed by atoms with Gasteiger partial charge in [-0.3, -0.25) is 4.79 Å². The van der Waals surface area contributed by atoms with Crippen LogP contribution in [-0.2, 0) is 4.79 Å². The average Bonchev–Trinajstić information content (AvgIpc) is 3.34. The van der Waals surface area contributed by atoms with Gasteiger partial charge in [-0.2, -0.15) is 4.39 Å². The van der Waals surface area contributed by atoms with Crippen LogP contribution in [0.5, 0.6) is 0 Å². The van der Waals surface area contributed by atoms with Gasteiger partial charge in [0.05, 0.1) is 0 Å². The van der Waals surface area contributed by atoms with Crippen molar-refractivity contribution in [2.24, 2.45) is 5.92 Å². The van der Waals surface area contributed by atoms with Gasteiger partial charge >= 0.3 is 0 Å². The maximum atomic E-state index is 13.0. The Bertz CT molecular complexity index is 639. The lowest BCUT2D eigenvalue weighted by molar-refractivity contribution is -0.122. The van der Waals surface area contributed by atoms with Gasteiger partial charge in [0.1, 0.15) is 6.61 Å². The lowest BCUT2D eigenvalue weighted by Gasteiger charge is -2.28. The van der Waals surface area contributed by atoms with E-state index in [-0.39, 0.29) is 18.3 Å². The maximum absolute atomic E-state index is 13.0. The summed E-state index contributed by atoms with van der Waals surface area (Å²) >= 11 is 0. The number of ketones is 1. The summed E-state index contributed by atoms with van der Waals surface area (Å²) in [5.41, 5.74) is 2.22. The Morgan fingerprint density at radius 3 is 3.00 bits per heavy atom. The van der Waals surface area contributed by atoms with Crippen LogP contribution in [0.25, 0.3) is 0 Å². The minimum absolute atomic E-state index is 0.0846. The second-order valence-electron chi connectivity index (χ2n) is 6.34. The first-order chi connectivity index (χ1) is 11.1. The van der Waals surface area contributed by atoms with Gasteiger partial charge in [0.25, 0.3) is 0 Å². The third-order valence-electron chi connectivity index (χ3n) is 4.74. The van der Waals surface area contributed by atoms with Gasteiger partial charge in [-0.25, -0.2) is 4.98 Å². The third kappa shape index (κ3) is 3.67. The normalized spacial score (nSPS) is 25.9. The van der Waals surface area contributed by atoms with Crippen LogP contribution in [0.1, 0.15) is 30.7 Å². The number of carbonyl (C=O) groups excluding carboxylic acids is 1. The minimum Gasteiger partial charge on any atom is -0.389 e. The molecule has 2 aliphatic rings. The smallest absolute Gasteiger partial charge is 0.212 e. The van der Waals surface area contributed by atoms with Gasteiger partial charge in [0.15, 0.2) is 5.78 Å². The van der Waals surface area contributed by atoms with Crippen molar-refractivity contribution in [3.8, 4) is 0 Å². The van der Waals surface area contributed by atoms with E-state index < -0.39 is 5.95 Å². The van der Waals surface area contributed by atoms with Crippen LogP contribution in [-0.4, -0.2) is 40.5 Å². The molecule has 2 aliphatic carbocycles. The van der Waals surface area contributed by atoms with E-state index in [9.17, 15) is 9.18 Å². The van der Waals surface area contributed by atoms with Crippen molar-refractivity contribution >= 4 is 5.78 Å². The van der Waals surface area contributed by atoms with E-state index in [1.165, 1.54) is 11.8 Å². The molecule has 1 aromatic rings. The zero-order valence-corrected chi connectivity index (χ0v) is 13.2. The molecule has 5 heteroatoms.